The van der Waals surface area contributed by atoms with Crippen LogP contribution < -0.4 is 5.32 Å². The van der Waals surface area contributed by atoms with E-state index >= 15 is 0 Å². The summed E-state index contributed by atoms with van der Waals surface area (Å²) in [5.41, 5.74) is 0.249. The lowest BCUT2D eigenvalue weighted by Gasteiger charge is -2.24. The monoisotopic (exact) mass is 277 g/mol. The smallest absolute Gasteiger partial charge is 0.265 e. The number of rotatable bonds is 4. The minimum atomic E-state index is -1.11. The fourth-order valence-corrected chi connectivity index (χ4v) is 2.24. The quantitative estimate of drug-likeness (QED) is 0.887. The summed E-state index contributed by atoms with van der Waals surface area (Å²) in [6.07, 6.45) is 0. The molecule has 0 unspecified atom stereocenters. The Labute approximate surface area is 115 Å². The number of carbonyl (C=O) groups is 1. The number of hydrogen-bond acceptors (Lipinski definition) is 5. The fourth-order valence-electron chi connectivity index (χ4n) is 1.67. The van der Waals surface area contributed by atoms with Gasteiger partial charge in [0.05, 0.1) is 12.2 Å². The molecule has 0 aliphatic carbocycles. The molecule has 2 rings (SSSR count). The first-order chi connectivity index (χ1) is 9.00. The molecule has 1 amide bonds. The Bertz CT molecular complexity index is 566. The van der Waals surface area contributed by atoms with Crippen LogP contribution in [0.4, 0.5) is 0 Å². The molecule has 1 heterocycles. The third-order valence-electron chi connectivity index (χ3n) is 2.85. The summed E-state index contributed by atoms with van der Waals surface area (Å²) in [5, 5.41) is 16.9. The number of aromatic nitrogens is 2. The van der Waals surface area contributed by atoms with Gasteiger partial charge in [0, 0.05) is 0 Å². The minimum absolute atomic E-state index is 0.132. The average molecular weight is 277 g/mol. The van der Waals surface area contributed by atoms with Gasteiger partial charge in [-0.15, -0.1) is 5.10 Å². The van der Waals surface area contributed by atoms with Crippen molar-refractivity contribution in [1.29, 1.82) is 0 Å². The van der Waals surface area contributed by atoms with E-state index in [4.69, 9.17) is 0 Å². The highest BCUT2D eigenvalue weighted by atomic mass is 32.1. The van der Waals surface area contributed by atoms with Crippen molar-refractivity contribution in [2.75, 3.05) is 6.54 Å². The summed E-state index contributed by atoms with van der Waals surface area (Å²) < 4.78 is 3.71. The van der Waals surface area contributed by atoms with Crippen molar-refractivity contribution in [3.8, 4) is 0 Å². The van der Waals surface area contributed by atoms with E-state index in [1.165, 1.54) is 0 Å². The number of aliphatic hydroxyl groups is 1. The Balaban J connectivity index is 2.03. The molecule has 2 aromatic rings. The maximum atomic E-state index is 11.9. The van der Waals surface area contributed by atoms with Crippen molar-refractivity contribution in [3.63, 3.8) is 0 Å². The molecule has 0 aliphatic rings. The number of carbonyl (C=O) groups excluding carboxylic acids is 1. The SMILES string of the molecule is Cc1nnsc1C(=O)NC[C@](C)(O)c1ccccc1. The lowest BCUT2D eigenvalue weighted by Crippen LogP contribution is -2.38. The van der Waals surface area contributed by atoms with E-state index in [0.717, 1.165) is 17.1 Å². The van der Waals surface area contributed by atoms with Crippen molar-refractivity contribution < 1.29 is 9.90 Å². The van der Waals surface area contributed by atoms with Crippen molar-refractivity contribution in [2.45, 2.75) is 19.4 Å². The Kier molecular flexibility index (Phi) is 3.92. The van der Waals surface area contributed by atoms with Gasteiger partial charge in [-0.05, 0) is 30.9 Å². The highest BCUT2D eigenvalue weighted by Gasteiger charge is 2.24. The number of aryl methyl sites for hydroxylation is 1. The largest absolute Gasteiger partial charge is 0.384 e. The molecule has 5 nitrogen and oxygen atoms in total. The summed E-state index contributed by atoms with van der Waals surface area (Å²) in [5.74, 6) is -0.260. The van der Waals surface area contributed by atoms with Gasteiger partial charge in [0.2, 0.25) is 0 Å². The van der Waals surface area contributed by atoms with Crippen LogP contribution in [0.2, 0.25) is 0 Å². The number of amides is 1. The maximum Gasteiger partial charge on any atom is 0.265 e. The van der Waals surface area contributed by atoms with Crippen LogP contribution in [0.15, 0.2) is 30.3 Å². The number of benzene rings is 1. The zero-order chi connectivity index (χ0) is 13.9. The lowest BCUT2D eigenvalue weighted by molar-refractivity contribution is 0.0527. The van der Waals surface area contributed by atoms with E-state index in [-0.39, 0.29) is 12.5 Å². The molecule has 1 aromatic heterocycles. The second kappa shape index (κ2) is 5.46. The molecule has 100 valence electrons. The van der Waals surface area contributed by atoms with E-state index in [9.17, 15) is 9.90 Å². The lowest BCUT2D eigenvalue weighted by atomic mass is 9.96. The number of hydrogen-bond donors (Lipinski definition) is 2. The average Bonchev–Trinajstić information content (AvgIpc) is 2.83. The van der Waals surface area contributed by atoms with Crippen molar-refractivity contribution in [3.05, 3.63) is 46.5 Å². The highest BCUT2D eigenvalue weighted by Crippen LogP contribution is 2.19. The summed E-state index contributed by atoms with van der Waals surface area (Å²) in [4.78, 5) is 12.4. The first-order valence-electron chi connectivity index (χ1n) is 5.86. The third kappa shape index (κ3) is 3.15. The van der Waals surface area contributed by atoms with E-state index in [0.29, 0.717) is 10.6 Å². The molecule has 1 aromatic carbocycles. The van der Waals surface area contributed by atoms with Crippen LogP contribution in [0.1, 0.15) is 27.9 Å². The van der Waals surface area contributed by atoms with Crippen LogP contribution >= 0.6 is 11.5 Å². The summed E-state index contributed by atoms with van der Waals surface area (Å²) in [6.45, 7) is 3.53. The van der Waals surface area contributed by atoms with Crippen LogP contribution in [-0.2, 0) is 5.60 Å². The fraction of sp³-hybridized carbons (Fsp3) is 0.308. The molecular weight excluding hydrogens is 262 g/mol. The molecule has 1 atom stereocenters. The van der Waals surface area contributed by atoms with Gasteiger partial charge in [0.1, 0.15) is 10.5 Å². The van der Waals surface area contributed by atoms with Crippen LogP contribution in [0.5, 0.6) is 0 Å². The summed E-state index contributed by atoms with van der Waals surface area (Å²) in [7, 11) is 0. The van der Waals surface area contributed by atoms with E-state index in [2.05, 4.69) is 14.9 Å². The molecule has 19 heavy (non-hydrogen) atoms. The summed E-state index contributed by atoms with van der Waals surface area (Å²) in [6, 6.07) is 9.23. The van der Waals surface area contributed by atoms with Crippen LogP contribution in [0.25, 0.3) is 0 Å². The van der Waals surface area contributed by atoms with Gasteiger partial charge < -0.3 is 10.4 Å². The standard InChI is InChI=1S/C13H15N3O2S/c1-9-11(19-16-15-9)12(17)14-8-13(2,18)10-6-4-3-5-7-10/h3-7,18H,8H2,1-2H3,(H,14,17)/t13-/m0/s1. The highest BCUT2D eigenvalue weighted by molar-refractivity contribution is 7.07. The predicted octanol–water partition coefficient (Wildman–Crippen LogP) is 1.48. The van der Waals surface area contributed by atoms with E-state index in [1.54, 1.807) is 13.8 Å². The molecule has 0 aliphatic heterocycles. The Hall–Kier alpha value is -1.79. The zero-order valence-corrected chi connectivity index (χ0v) is 11.6. The Morgan fingerprint density at radius 2 is 2.11 bits per heavy atom. The van der Waals surface area contributed by atoms with Gasteiger partial charge in [-0.1, -0.05) is 34.8 Å². The molecule has 0 spiro atoms. The zero-order valence-electron chi connectivity index (χ0n) is 10.8. The summed E-state index contributed by atoms with van der Waals surface area (Å²) >= 11 is 1.05. The Morgan fingerprint density at radius 1 is 1.42 bits per heavy atom. The third-order valence-corrected chi connectivity index (χ3v) is 3.67. The molecule has 6 heteroatoms. The van der Waals surface area contributed by atoms with E-state index in [1.807, 2.05) is 30.3 Å². The molecule has 2 N–H and O–H groups in total. The second-order valence-corrected chi connectivity index (χ2v) is 5.26. The minimum Gasteiger partial charge on any atom is -0.384 e. The van der Waals surface area contributed by atoms with Crippen molar-refractivity contribution in [1.82, 2.24) is 14.9 Å². The second-order valence-electron chi connectivity index (χ2n) is 4.51. The van der Waals surface area contributed by atoms with Gasteiger partial charge in [-0.2, -0.15) is 0 Å². The molecular formula is C13H15N3O2S. The van der Waals surface area contributed by atoms with Gasteiger partial charge in [-0.25, -0.2) is 0 Å². The Morgan fingerprint density at radius 3 is 2.68 bits per heavy atom. The van der Waals surface area contributed by atoms with E-state index < -0.39 is 5.60 Å². The normalized spacial score (nSPS) is 13.8. The maximum absolute atomic E-state index is 11.9. The van der Waals surface area contributed by atoms with Crippen LogP contribution in [0, 0.1) is 6.92 Å². The molecule has 0 fully saturated rings. The molecule has 0 radical (unpaired) electrons. The predicted molar refractivity (Wildman–Crippen MR) is 73.0 cm³/mol. The van der Waals surface area contributed by atoms with Crippen LogP contribution in [0.3, 0.4) is 0 Å². The molecule has 0 saturated heterocycles. The molecule has 0 bridgehead atoms. The van der Waals surface area contributed by atoms with Crippen LogP contribution in [-0.4, -0.2) is 27.1 Å². The van der Waals surface area contributed by atoms with Crippen molar-refractivity contribution >= 4 is 17.4 Å². The van der Waals surface area contributed by atoms with Crippen molar-refractivity contribution in [2.24, 2.45) is 0 Å². The molecule has 0 saturated carbocycles. The first-order valence-corrected chi connectivity index (χ1v) is 6.63. The first kappa shape index (κ1) is 13.6. The number of nitrogens with one attached hydrogen (secondary N) is 1. The van der Waals surface area contributed by atoms with Gasteiger partial charge >= 0.3 is 0 Å². The topological polar surface area (TPSA) is 75.1 Å². The number of nitrogens with zero attached hydrogens (tertiary/aromatic N) is 2. The van der Waals surface area contributed by atoms with Gasteiger partial charge in [-0.3, -0.25) is 4.79 Å². The van der Waals surface area contributed by atoms with Gasteiger partial charge in [0.15, 0.2) is 0 Å². The van der Waals surface area contributed by atoms with Gasteiger partial charge in [0.25, 0.3) is 5.91 Å².